The van der Waals surface area contributed by atoms with E-state index in [1.165, 1.54) is 6.07 Å². The van der Waals surface area contributed by atoms with Crippen molar-refractivity contribution in [2.24, 2.45) is 5.41 Å². The predicted octanol–water partition coefficient (Wildman–Crippen LogP) is 3.94. The van der Waals surface area contributed by atoms with Gasteiger partial charge in [-0.05, 0) is 12.1 Å². The first-order valence-corrected chi connectivity index (χ1v) is 5.22. The Kier molecular flexibility index (Phi) is 2.53. The minimum Gasteiger partial charge on any atom is -0.450 e. The van der Waals surface area contributed by atoms with E-state index in [1.807, 2.05) is 0 Å². The van der Waals surface area contributed by atoms with E-state index in [0.717, 1.165) is 12.1 Å². The third-order valence-corrected chi connectivity index (χ3v) is 2.44. The lowest BCUT2D eigenvalue weighted by atomic mass is 9.89. The summed E-state index contributed by atoms with van der Waals surface area (Å²) < 4.78 is 31.5. The smallest absolute Gasteiger partial charge is 0.203 e. The number of hydrogen-bond donors (Lipinski definition) is 0. The molecule has 0 saturated heterocycles. The topological polar surface area (TPSA) is 30.2 Å². The van der Waals surface area contributed by atoms with Crippen LogP contribution in [0.1, 0.15) is 31.3 Å². The molecule has 0 aliphatic carbocycles. The molecule has 0 radical (unpaired) electrons. The van der Waals surface area contributed by atoms with Gasteiger partial charge in [0.2, 0.25) is 5.78 Å². The highest BCUT2D eigenvalue weighted by molar-refractivity contribution is 6.00. The molecule has 0 bridgehead atoms. The summed E-state index contributed by atoms with van der Waals surface area (Å²) in [6.07, 6.45) is 0. The van der Waals surface area contributed by atoms with Crippen molar-refractivity contribution >= 4 is 16.8 Å². The Hall–Kier alpha value is -1.71. The molecule has 0 aliphatic heterocycles. The molecule has 0 fully saturated rings. The van der Waals surface area contributed by atoms with Gasteiger partial charge in [0.05, 0.1) is 0 Å². The minimum atomic E-state index is -0.798. The number of hydrogen-bond acceptors (Lipinski definition) is 2. The second kappa shape index (κ2) is 3.65. The van der Waals surface area contributed by atoms with Crippen molar-refractivity contribution in [2.75, 3.05) is 0 Å². The first-order chi connectivity index (χ1) is 7.79. The Bertz CT molecular complexity index is 591. The van der Waals surface area contributed by atoms with Gasteiger partial charge in [-0.2, -0.15) is 0 Å². The molecule has 0 aliphatic rings. The number of Topliss-reactive ketones (excluding diaryl/α,β-unsaturated/α-hetero) is 1. The summed E-state index contributed by atoms with van der Waals surface area (Å²) in [6, 6.07) is 3.24. The van der Waals surface area contributed by atoms with E-state index >= 15 is 0 Å². The number of benzene rings is 1. The largest absolute Gasteiger partial charge is 0.450 e. The van der Waals surface area contributed by atoms with Crippen LogP contribution in [0.5, 0.6) is 0 Å². The molecule has 0 N–H and O–H groups in total. The van der Waals surface area contributed by atoms with E-state index in [9.17, 15) is 13.6 Å². The fraction of sp³-hybridized carbons (Fsp3) is 0.308. The SMILES string of the molecule is CC(C)(C)C(=O)c1cc2cc(F)cc(F)c2o1. The monoisotopic (exact) mass is 238 g/mol. The standard InChI is InChI=1S/C13H12F2O2/c1-13(2,3)12(16)10-5-7-4-8(14)6-9(15)11(7)17-10/h4-6H,1-3H3. The van der Waals surface area contributed by atoms with Crippen LogP contribution >= 0.6 is 0 Å². The molecule has 2 nitrogen and oxygen atoms in total. The summed E-state index contributed by atoms with van der Waals surface area (Å²) in [7, 11) is 0. The zero-order valence-electron chi connectivity index (χ0n) is 9.80. The Balaban J connectivity index is 2.60. The lowest BCUT2D eigenvalue weighted by Gasteiger charge is -2.13. The zero-order chi connectivity index (χ0) is 12.8. The van der Waals surface area contributed by atoms with Crippen molar-refractivity contribution in [1.82, 2.24) is 0 Å². The molecule has 90 valence electrons. The van der Waals surface area contributed by atoms with Crippen molar-refractivity contribution in [2.45, 2.75) is 20.8 Å². The van der Waals surface area contributed by atoms with Crippen molar-refractivity contribution < 1.29 is 18.0 Å². The van der Waals surface area contributed by atoms with Gasteiger partial charge in [-0.1, -0.05) is 20.8 Å². The Morgan fingerprint density at radius 2 is 1.82 bits per heavy atom. The van der Waals surface area contributed by atoms with E-state index in [4.69, 9.17) is 4.42 Å². The van der Waals surface area contributed by atoms with Gasteiger partial charge in [0, 0.05) is 16.9 Å². The van der Waals surface area contributed by atoms with Gasteiger partial charge in [0.15, 0.2) is 17.2 Å². The van der Waals surface area contributed by atoms with Crippen LogP contribution in [0.2, 0.25) is 0 Å². The van der Waals surface area contributed by atoms with E-state index in [1.54, 1.807) is 20.8 Å². The second-order valence-corrected chi connectivity index (χ2v) is 5.00. The summed E-state index contributed by atoms with van der Waals surface area (Å²) in [6.45, 7) is 5.21. The maximum absolute atomic E-state index is 13.4. The summed E-state index contributed by atoms with van der Waals surface area (Å²) in [5, 5.41) is 0.259. The fourth-order valence-electron chi connectivity index (χ4n) is 1.56. The van der Waals surface area contributed by atoms with Crippen molar-refractivity contribution in [3.05, 3.63) is 35.6 Å². The maximum Gasteiger partial charge on any atom is 0.203 e. The van der Waals surface area contributed by atoms with Crippen LogP contribution in [0.3, 0.4) is 0 Å². The number of halogens is 2. The third-order valence-electron chi connectivity index (χ3n) is 2.44. The highest BCUT2D eigenvalue weighted by Gasteiger charge is 2.26. The molecule has 1 aromatic carbocycles. The van der Waals surface area contributed by atoms with Crippen LogP contribution in [0.25, 0.3) is 11.0 Å². The summed E-state index contributed by atoms with van der Waals surface area (Å²) in [4.78, 5) is 11.9. The summed E-state index contributed by atoms with van der Waals surface area (Å²) in [5.74, 6) is -1.68. The highest BCUT2D eigenvalue weighted by Crippen LogP contribution is 2.28. The average molecular weight is 238 g/mol. The number of carbonyl (C=O) groups is 1. The van der Waals surface area contributed by atoms with E-state index < -0.39 is 17.0 Å². The van der Waals surface area contributed by atoms with Gasteiger partial charge >= 0.3 is 0 Å². The molecule has 2 rings (SSSR count). The van der Waals surface area contributed by atoms with Gasteiger partial charge in [-0.15, -0.1) is 0 Å². The molecule has 17 heavy (non-hydrogen) atoms. The number of rotatable bonds is 1. The third kappa shape index (κ3) is 2.07. The number of furan rings is 1. The Labute approximate surface area is 97.2 Å². The Morgan fingerprint density at radius 1 is 1.18 bits per heavy atom. The molecule has 1 heterocycles. The molecule has 2 aromatic rings. The second-order valence-electron chi connectivity index (χ2n) is 5.00. The Morgan fingerprint density at radius 3 is 2.41 bits per heavy atom. The van der Waals surface area contributed by atoms with Gasteiger partial charge in [-0.25, -0.2) is 8.78 Å². The van der Waals surface area contributed by atoms with Gasteiger partial charge in [0.1, 0.15) is 5.82 Å². The fourth-order valence-corrected chi connectivity index (χ4v) is 1.56. The van der Waals surface area contributed by atoms with E-state index in [-0.39, 0.29) is 22.5 Å². The van der Waals surface area contributed by atoms with Gasteiger partial charge in [-0.3, -0.25) is 4.79 Å². The van der Waals surface area contributed by atoms with Crippen molar-refractivity contribution in [1.29, 1.82) is 0 Å². The molecule has 0 amide bonds. The maximum atomic E-state index is 13.4. The first-order valence-electron chi connectivity index (χ1n) is 5.22. The number of fused-ring (bicyclic) bond motifs is 1. The number of ketones is 1. The van der Waals surface area contributed by atoms with E-state index in [2.05, 4.69) is 0 Å². The quantitative estimate of drug-likeness (QED) is 0.704. The zero-order valence-corrected chi connectivity index (χ0v) is 9.80. The van der Waals surface area contributed by atoms with E-state index in [0.29, 0.717) is 0 Å². The molecule has 0 saturated carbocycles. The van der Waals surface area contributed by atoms with Crippen molar-refractivity contribution in [3.63, 3.8) is 0 Å². The molecular weight excluding hydrogens is 226 g/mol. The van der Waals surface area contributed by atoms with Crippen LogP contribution in [-0.2, 0) is 0 Å². The lowest BCUT2D eigenvalue weighted by Crippen LogP contribution is -2.19. The van der Waals surface area contributed by atoms with Crippen molar-refractivity contribution in [3.8, 4) is 0 Å². The van der Waals surface area contributed by atoms with Crippen LogP contribution in [0, 0.1) is 17.0 Å². The molecule has 0 atom stereocenters. The van der Waals surface area contributed by atoms with Crippen LogP contribution in [0.15, 0.2) is 22.6 Å². The normalized spacial score (nSPS) is 12.1. The highest BCUT2D eigenvalue weighted by atomic mass is 19.1. The molecular formula is C13H12F2O2. The summed E-state index contributed by atoms with van der Waals surface area (Å²) >= 11 is 0. The first kappa shape index (κ1) is 11.8. The summed E-state index contributed by atoms with van der Waals surface area (Å²) in [5.41, 5.74) is -0.706. The van der Waals surface area contributed by atoms with Gasteiger partial charge in [0.25, 0.3) is 0 Å². The molecule has 1 aromatic heterocycles. The number of carbonyl (C=O) groups excluding carboxylic acids is 1. The average Bonchev–Trinajstić information content (AvgIpc) is 2.58. The molecule has 0 unspecified atom stereocenters. The predicted molar refractivity (Wildman–Crippen MR) is 59.9 cm³/mol. The van der Waals surface area contributed by atoms with Gasteiger partial charge < -0.3 is 4.42 Å². The van der Waals surface area contributed by atoms with Crippen LogP contribution < -0.4 is 0 Å². The van der Waals surface area contributed by atoms with Crippen LogP contribution in [-0.4, -0.2) is 5.78 Å². The van der Waals surface area contributed by atoms with Crippen LogP contribution in [0.4, 0.5) is 8.78 Å². The molecule has 4 heteroatoms. The lowest BCUT2D eigenvalue weighted by molar-refractivity contribution is 0.0830. The minimum absolute atomic E-state index is 0.0528. The molecule has 0 spiro atoms.